The van der Waals surface area contributed by atoms with Gasteiger partial charge in [-0.25, -0.2) is 9.18 Å². The second kappa shape index (κ2) is 9.34. The molecule has 1 atom stereocenters. The SMILES string of the molecule is CCCCN1C(=O)NC(c2ccc(CC)cc2)C(c2nc(-c3cccc(F)c3)no2)=C1C. The molecule has 2 aromatic carbocycles. The van der Waals surface area contributed by atoms with Crippen LogP contribution in [0.15, 0.2) is 58.8 Å². The van der Waals surface area contributed by atoms with Gasteiger partial charge in [0.2, 0.25) is 5.82 Å². The second-order valence-corrected chi connectivity index (χ2v) is 7.92. The number of hydrogen-bond acceptors (Lipinski definition) is 4. The lowest BCUT2D eigenvalue weighted by molar-refractivity contribution is 0.204. The summed E-state index contributed by atoms with van der Waals surface area (Å²) in [6.07, 6.45) is 2.79. The van der Waals surface area contributed by atoms with Gasteiger partial charge in [-0.15, -0.1) is 0 Å². The maximum Gasteiger partial charge on any atom is 0.322 e. The minimum Gasteiger partial charge on any atom is -0.334 e. The van der Waals surface area contributed by atoms with E-state index in [9.17, 15) is 9.18 Å². The maximum atomic E-state index is 13.7. The van der Waals surface area contributed by atoms with E-state index in [1.807, 2.05) is 19.1 Å². The monoisotopic (exact) mass is 434 g/mol. The van der Waals surface area contributed by atoms with Crippen molar-refractivity contribution in [2.45, 2.75) is 46.1 Å². The molecule has 6 nitrogen and oxygen atoms in total. The van der Waals surface area contributed by atoms with Crippen molar-refractivity contribution in [1.29, 1.82) is 0 Å². The number of halogens is 1. The summed E-state index contributed by atoms with van der Waals surface area (Å²) in [7, 11) is 0. The number of aromatic nitrogens is 2. The third kappa shape index (κ3) is 4.28. The molecule has 2 amide bonds. The summed E-state index contributed by atoms with van der Waals surface area (Å²) in [5.41, 5.74) is 4.21. The van der Waals surface area contributed by atoms with Crippen LogP contribution in [0.2, 0.25) is 0 Å². The van der Waals surface area contributed by atoms with Crippen LogP contribution in [0.25, 0.3) is 17.0 Å². The highest BCUT2D eigenvalue weighted by atomic mass is 19.1. The van der Waals surface area contributed by atoms with Crippen LogP contribution in [0.4, 0.5) is 9.18 Å². The summed E-state index contributed by atoms with van der Waals surface area (Å²) in [5.74, 6) is 0.249. The summed E-state index contributed by atoms with van der Waals surface area (Å²) in [4.78, 5) is 19.2. The Kier molecular flexibility index (Phi) is 6.35. The Morgan fingerprint density at radius 3 is 2.62 bits per heavy atom. The highest BCUT2D eigenvalue weighted by Gasteiger charge is 2.35. The zero-order valence-corrected chi connectivity index (χ0v) is 18.6. The summed E-state index contributed by atoms with van der Waals surface area (Å²) in [6.45, 7) is 6.70. The fourth-order valence-corrected chi connectivity index (χ4v) is 3.92. The van der Waals surface area contributed by atoms with Crippen LogP contribution in [0.3, 0.4) is 0 Å². The third-order valence-corrected chi connectivity index (χ3v) is 5.79. The fourth-order valence-electron chi connectivity index (χ4n) is 3.92. The Morgan fingerprint density at radius 2 is 1.94 bits per heavy atom. The number of allylic oxidation sites excluding steroid dienone is 1. The summed E-state index contributed by atoms with van der Waals surface area (Å²) in [5, 5.41) is 7.19. The smallest absolute Gasteiger partial charge is 0.322 e. The van der Waals surface area contributed by atoms with Crippen LogP contribution in [-0.2, 0) is 6.42 Å². The topological polar surface area (TPSA) is 71.3 Å². The van der Waals surface area contributed by atoms with Crippen LogP contribution < -0.4 is 5.32 Å². The second-order valence-electron chi connectivity index (χ2n) is 7.92. The summed E-state index contributed by atoms with van der Waals surface area (Å²) >= 11 is 0. The van der Waals surface area contributed by atoms with E-state index in [1.165, 1.54) is 17.7 Å². The molecule has 1 aliphatic heterocycles. The Labute approximate surface area is 187 Å². The van der Waals surface area contributed by atoms with E-state index in [-0.39, 0.29) is 11.8 Å². The van der Waals surface area contributed by atoms with Gasteiger partial charge in [0.15, 0.2) is 0 Å². The highest BCUT2D eigenvalue weighted by molar-refractivity contribution is 5.86. The molecule has 2 heterocycles. The molecule has 0 saturated heterocycles. The van der Waals surface area contributed by atoms with Crippen LogP contribution >= 0.6 is 0 Å². The van der Waals surface area contributed by atoms with Gasteiger partial charge in [0.1, 0.15) is 5.82 Å². The van der Waals surface area contributed by atoms with Crippen molar-refractivity contribution in [3.05, 3.63) is 77.1 Å². The Bertz CT molecular complexity index is 1140. The van der Waals surface area contributed by atoms with Gasteiger partial charge < -0.3 is 9.84 Å². The zero-order chi connectivity index (χ0) is 22.7. The van der Waals surface area contributed by atoms with E-state index in [0.29, 0.717) is 23.8 Å². The van der Waals surface area contributed by atoms with E-state index in [0.717, 1.165) is 36.1 Å². The first-order valence-electron chi connectivity index (χ1n) is 11.0. The van der Waals surface area contributed by atoms with E-state index in [4.69, 9.17) is 4.52 Å². The molecule has 3 aromatic rings. The zero-order valence-electron chi connectivity index (χ0n) is 18.6. The summed E-state index contributed by atoms with van der Waals surface area (Å²) < 4.78 is 19.3. The highest BCUT2D eigenvalue weighted by Crippen LogP contribution is 2.37. The number of carbonyl (C=O) groups is 1. The molecular weight excluding hydrogens is 407 g/mol. The number of urea groups is 1. The number of nitrogens with zero attached hydrogens (tertiary/aromatic N) is 3. The number of aryl methyl sites for hydroxylation is 1. The molecule has 0 radical (unpaired) electrons. The van der Waals surface area contributed by atoms with Gasteiger partial charge in [0.25, 0.3) is 5.89 Å². The quantitative estimate of drug-likeness (QED) is 0.515. The third-order valence-electron chi connectivity index (χ3n) is 5.79. The van der Waals surface area contributed by atoms with Crippen molar-refractivity contribution >= 4 is 11.6 Å². The average Bonchev–Trinajstić information content (AvgIpc) is 3.28. The number of hydrogen-bond donors (Lipinski definition) is 1. The lowest BCUT2D eigenvalue weighted by atomic mass is 9.93. The van der Waals surface area contributed by atoms with Crippen molar-refractivity contribution < 1.29 is 13.7 Å². The van der Waals surface area contributed by atoms with Crippen molar-refractivity contribution in [3.8, 4) is 11.4 Å². The van der Waals surface area contributed by atoms with Crippen LogP contribution in [0.5, 0.6) is 0 Å². The first-order chi connectivity index (χ1) is 15.5. The van der Waals surface area contributed by atoms with Crippen LogP contribution in [-0.4, -0.2) is 27.6 Å². The molecule has 0 saturated carbocycles. The predicted molar refractivity (Wildman–Crippen MR) is 121 cm³/mol. The van der Waals surface area contributed by atoms with Gasteiger partial charge in [-0.2, -0.15) is 4.98 Å². The van der Waals surface area contributed by atoms with E-state index in [1.54, 1.807) is 17.0 Å². The van der Waals surface area contributed by atoms with Crippen LogP contribution in [0.1, 0.15) is 56.7 Å². The van der Waals surface area contributed by atoms with E-state index >= 15 is 0 Å². The normalized spacial score (nSPS) is 16.4. The van der Waals surface area contributed by atoms with Crippen molar-refractivity contribution in [2.75, 3.05) is 6.54 Å². The van der Waals surface area contributed by atoms with Gasteiger partial charge in [0, 0.05) is 17.8 Å². The standard InChI is InChI=1S/C25H27FN4O2/c1-4-6-14-30-16(3)21(22(27-25(30)31)18-12-10-17(5-2)11-13-18)24-28-23(29-32-24)19-8-7-9-20(26)15-19/h7-13,15,22H,4-6,14H2,1-3H3,(H,27,31). The Hall–Kier alpha value is -3.48. The molecule has 4 rings (SSSR count). The van der Waals surface area contributed by atoms with Crippen molar-refractivity contribution in [2.24, 2.45) is 0 Å². The van der Waals surface area contributed by atoms with Crippen molar-refractivity contribution in [1.82, 2.24) is 20.4 Å². The first kappa shape index (κ1) is 21.7. The molecule has 7 heteroatoms. The molecule has 0 bridgehead atoms. The van der Waals surface area contributed by atoms with Gasteiger partial charge >= 0.3 is 6.03 Å². The molecule has 1 aromatic heterocycles. The van der Waals surface area contributed by atoms with Gasteiger partial charge in [0.05, 0.1) is 11.6 Å². The molecule has 1 unspecified atom stereocenters. The summed E-state index contributed by atoms with van der Waals surface area (Å²) in [6, 6.07) is 13.7. The number of carbonyl (C=O) groups excluding carboxylic acids is 1. The number of unbranched alkanes of at least 4 members (excludes halogenated alkanes) is 1. The number of nitrogens with one attached hydrogen (secondary N) is 1. The number of rotatable bonds is 7. The van der Waals surface area contributed by atoms with E-state index < -0.39 is 6.04 Å². The van der Waals surface area contributed by atoms with Gasteiger partial charge in [-0.1, -0.05) is 61.8 Å². The van der Waals surface area contributed by atoms with Crippen molar-refractivity contribution in [3.63, 3.8) is 0 Å². The fraction of sp³-hybridized carbons (Fsp3) is 0.320. The molecule has 1 N–H and O–H groups in total. The maximum absolute atomic E-state index is 13.7. The van der Waals surface area contributed by atoms with Gasteiger partial charge in [-0.3, -0.25) is 4.90 Å². The number of benzene rings is 2. The largest absolute Gasteiger partial charge is 0.334 e. The lowest BCUT2D eigenvalue weighted by Crippen LogP contribution is -2.46. The molecule has 32 heavy (non-hydrogen) atoms. The Balaban J connectivity index is 1.79. The molecule has 0 spiro atoms. The average molecular weight is 435 g/mol. The molecular formula is C25H27FN4O2. The molecule has 0 aliphatic carbocycles. The minimum absolute atomic E-state index is 0.144. The molecule has 1 aliphatic rings. The molecule has 166 valence electrons. The number of amides is 2. The molecule has 0 fully saturated rings. The van der Waals surface area contributed by atoms with E-state index in [2.05, 4.69) is 41.4 Å². The minimum atomic E-state index is -0.424. The van der Waals surface area contributed by atoms with Crippen LogP contribution in [0, 0.1) is 5.82 Å². The predicted octanol–water partition coefficient (Wildman–Crippen LogP) is 5.74. The first-order valence-corrected chi connectivity index (χ1v) is 11.0. The Morgan fingerprint density at radius 1 is 1.16 bits per heavy atom. The lowest BCUT2D eigenvalue weighted by Gasteiger charge is -2.35. The van der Waals surface area contributed by atoms with Gasteiger partial charge in [-0.05, 0) is 43.0 Å².